The first kappa shape index (κ1) is 17.6. The molecular weight excluding hydrogens is 269 g/mol. The van der Waals surface area contributed by atoms with Gasteiger partial charge in [0.05, 0.1) is 0 Å². The minimum absolute atomic E-state index is 2.23. The van der Waals surface area contributed by atoms with Crippen LogP contribution in [0.25, 0.3) is 0 Å². The molecule has 0 aliphatic rings. The van der Waals surface area contributed by atoms with Gasteiger partial charge in [0.1, 0.15) is 0 Å². The Kier molecular flexibility index (Phi) is 6.09. The third-order valence-corrected chi connectivity index (χ3v) is 0.726. The first-order chi connectivity index (χ1) is 6.72. The molecule has 100 valence electrons. The zero-order chi connectivity index (χ0) is 13.8. The molecule has 16 heavy (non-hydrogen) atoms. The van der Waals surface area contributed by atoms with Gasteiger partial charge < -0.3 is 0 Å². The molecule has 0 saturated carbocycles. The molecule has 0 aliphatic heterocycles. The Balaban J connectivity index is 0. The predicted octanol–water partition coefficient (Wildman–Crippen LogP) is 3.97. The molecule has 0 saturated heterocycles. The molecule has 0 radical (unpaired) electrons. The highest BCUT2D eigenvalue weighted by Gasteiger charge is 2.57. The summed E-state index contributed by atoms with van der Waals surface area (Å²) in [7, 11) is 0. The summed E-state index contributed by atoms with van der Waals surface area (Å²) in [5.74, 6) is 0. The van der Waals surface area contributed by atoms with E-state index in [9.17, 15) is 48.3 Å². The van der Waals surface area contributed by atoms with Gasteiger partial charge in [-0.2, -0.15) is 39.5 Å². The lowest BCUT2D eigenvalue weighted by Crippen LogP contribution is -2.38. The summed E-state index contributed by atoms with van der Waals surface area (Å²) in [6.45, 7) is -2.23. The molecule has 0 N–H and O–H groups in total. The third kappa shape index (κ3) is 9.77. The number of halogens is 11. The molecule has 0 aromatic heterocycles. The van der Waals surface area contributed by atoms with E-state index in [1.54, 1.807) is 0 Å². The molecule has 0 aromatic carbocycles. The molecule has 0 nitrogen and oxygen atoms in total. The molecular formula is C5H3F11. The van der Waals surface area contributed by atoms with Crippen molar-refractivity contribution in [2.24, 2.45) is 0 Å². The van der Waals surface area contributed by atoms with Crippen LogP contribution in [0.3, 0.4) is 0 Å². The Morgan fingerprint density at radius 1 is 0.688 bits per heavy atom. The van der Waals surface area contributed by atoms with Gasteiger partial charge in [0.2, 0.25) is 0 Å². The zero-order valence-corrected chi connectivity index (χ0v) is 6.94. The van der Waals surface area contributed by atoms with Gasteiger partial charge >= 0.3 is 18.5 Å². The van der Waals surface area contributed by atoms with Crippen LogP contribution < -0.4 is 0 Å². The van der Waals surface area contributed by atoms with Crippen LogP contribution in [0.5, 0.6) is 0 Å². The van der Waals surface area contributed by atoms with Gasteiger partial charge in [0, 0.05) is 0 Å². The Morgan fingerprint density at radius 2 is 0.875 bits per heavy atom. The second kappa shape index (κ2) is 5.53. The third-order valence-electron chi connectivity index (χ3n) is 0.726. The SMILES string of the molecule is FC(C(F)(F)F)C(F)(F)F.FCC(F)(F)F. The maximum Gasteiger partial charge on any atom is 0.428 e. The highest BCUT2D eigenvalue weighted by Crippen LogP contribution is 2.35. The average Bonchev–Trinajstić information content (AvgIpc) is 1.99. The molecule has 0 aliphatic carbocycles. The quantitative estimate of drug-likeness (QED) is 0.585. The van der Waals surface area contributed by atoms with Crippen molar-refractivity contribution in [3.8, 4) is 0 Å². The Hall–Kier alpha value is -0.770. The lowest BCUT2D eigenvalue weighted by atomic mass is 10.4. The summed E-state index contributed by atoms with van der Waals surface area (Å²) in [6, 6.07) is 0. The second-order valence-electron chi connectivity index (χ2n) is 2.19. The van der Waals surface area contributed by atoms with E-state index in [1.807, 2.05) is 0 Å². The van der Waals surface area contributed by atoms with E-state index in [0.29, 0.717) is 0 Å². The van der Waals surface area contributed by atoms with Crippen molar-refractivity contribution in [3.05, 3.63) is 0 Å². The summed E-state index contributed by atoms with van der Waals surface area (Å²) in [6.07, 6.45) is -21.1. The smallest absolute Gasteiger partial charge is 0.241 e. The van der Waals surface area contributed by atoms with Gasteiger partial charge in [-0.15, -0.1) is 0 Å². The van der Waals surface area contributed by atoms with Gasteiger partial charge in [-0.05, 0) is 0 Å². The van der Waals surface area contributed by atoms with Gasteiger partial charge in [-0.1, -0.05) is 0 Å². The summed E-state index contributed by atoms with van der Waals surface area (Å²) in [5.41, 5.74) is 0. The normalized spacial score (nSPS) is 13.5. The maximum absolute atomic E-state index is 11.2. The number of alkyl halides is 11. The number of rotatable bonds is 0. The van der Waals surface area contributed by atoms with E-state index in [1.165, 1.54) is 0 Å². The van der Waals surface area contributed by atoms with E-state index in [0.717, 1.165) is 0 Å². The fraction of sp³-hybridized carbons (Fsp3) is 1.00. The van der Waals surface area contributed by atoms with Crippen LogP contribution in [-0.4, -0.2) is 31.4 Å². The Morgan fingerprint density at radius 3 is 0.875 bits per heavy atom. The van der Waals surface area contributed by atoms with Crippen molar-refractivity contribution in [2.45, 2.75) is 24.7 Å². The van der Waals surface area contributed by atoms with Gasteiger partial charge in [0.25, 0.3) is 6.17 Å². The van der Waals surface area contributed by atoms with Crippen LogP contribution >= 0.6 is 0 Å². The van der Waals surface area contributed by atoms with Crippen molar-refractivity contribution >= 4 is 0 Å². The van der Waals surface area contributed by atoms with E-state index in [2.05, 4.69) is 0 Å². The Labute approximate surface area is 81.0 Å². The molecule has 0 aromatic rings. The first-order valence-corrected chi connectivity index (χ1v) is 3.12. The first-order valence-electron chi connectivity index (χ1n) is 3.12. The summed E-state index contributed by atoms with van der Waals surface area (Å²) < 4.78 is 118. The van der Waals surface area contributed by atoms with Crippen molar-refractivity contribution in [1.29, 1.82) is 0 Å². The summed E-state index contributed by atoms with van der Waals surface area (Å²) in [4.78, 5) is 0. The molecule has 0 fully saturated rings. The molecule has 11 heteroatoms. The number of hydrogen-bond donors (Lipinski definition) is 0. The monoisotopic (exact) mass is 272 g/mol. The minimum Gasteiger partial charge on any atom is -0.241 e. The molecule has 0 bridgehead atoms. The molecule has 0 spiro atoms. The van der Waals surface area contributed by atoms with Crippen LogP contribution in [0.1, 0.15) is 0 Å². The number of hydrogen-bond acceptors (Lipinski definition) is 0. The highest BCUT2D eigenvalue weighted by molar-refractivity contribution is 4.73. The van der Waals surface area contributed by atoms with Crippen LogP contribution in [-0.2, 0) is 0 Å². The zero-order valence-electron chi connectivity index (χ0n) is 6.94. The van der Waals surface area contributed by atoms with Crippen molar-refractivity contribution in [2.75, 3.05) is 6.67 Å². The molecule has 0 amide bonds. The Bertz CT molecular complexity index is 168. The molecule has 0 atom stereocenters. The van der Waals surface area contributed by atoms with Gasteiger partial charge in [-0.3, -0.25) is 0 Å². The largest absolute Gasteiger partial charge is 0.428 e. The van der Waals surface area contributed by atoms with E-state index >= 15 is 0 Å². The minimum atomic E-state index is -5.85. The van der Waals surface area contributed by atoms with Crippen molar-refractivity contribution < 1.29 is 48.3 Å². The van der Waals surface area contributed by atoms with Crippen LogP contribution in [0, 0.1) is 0 Å². The van der Waals surface area contributed by atoms with Crippen LogP contribution in [0.15, 0.2) is 0 Å². The van der Waals surface area contributed by atoms with E-state index in [-0.39, 0.29) is 0 Å². The van der Waals surface area contributed by atoms with Gasteiger partial charge in [0.15, 0.2) is 6.67 Å². The lowest BCUT2D eigenvalue weighted by Gasteiger charge is -2.14. The summed E-state index contributed by atoms with van der Waals surface area (Å²) >= 11 is 0. The standard InChI is InChI=1S/C3HF7.C2H2F4/c4-1(2(5,6)7)3(8,9)10;3-1-2(4,5)6/h1H;1H2. The second-order valence-corrected chi connectivity index (χ2v) is 2.19. The van der Waals surface area contributed by atoms with Crippen LogP contribution in [0.2, 0.25) is 0 Å². The van der Waals surface area contributed by atoms with Crippen molar-refractivity contribution in [3.63, 3.8) is 0 Å². The highest BCUT2D eigenvalue weighted by atomic mass is 19.4. The predicted molar refractivity (Wildman–Crippen MR) is 29.0 cm³/mol. The topological polar surface area (TPSA) is 0 Å². The molecule has 0 rings (SSSR count). The maximum atomic E-state index is 11.2. The lowest BCUT2D eigenvalue weighted by molar-refractivity contribution is -0.285. The fourth-order valence-corrected chi connectivity index (χ4v) is 0.186. The fourth-order valence-electron chi connectivity index (χ4n) is 0.186. The van der Waals surface area contributed by atoms with E-state index in [4.69, 9.17) is 0 Å². The van der Waals surface area contributed by atoms with E-state index < -0.39 is 31.4 Å². The molecule has 0 heterocycles. The molecule has 0 unspecified atom stereocenters. The van der Waals surface area contributed by atoms with Crippen molar-refractivity contribution in [1.82, 2.24) is 0 Å². The average molecular weight is 272 g/mol. The summed E-state index contributed by atoms with van der Waals surface area (Å²) in [5, 5.41) is 0. The van der Waals surface area contributed by atoms with Crippen LogP contribution in [0.4, 0.5) is 48.3 Å². The van der Waals surface area contributed by atoms with Gasteiger partial charge in [-0.25, -0.2) is 8.78 Å².